The van der Waals surface area contributed by atoms with Gasteiger partial charge in [-0.2, -0.15) is 0 Å². The molecule has 6 N–H and O–H groups in total. The monoisotopic (exact) mass is 600 g/mol. The van der Waals surface area contributed by atoms with Crippen LogP contribution < -0.4 is 10.6 Å². The molecule has 1 saturated carbocycles. The summed E-state index contributed by atoms with van der Waals surface area (Å²) in [6, 6.07) is 0.756. The first-order valence-electron chi connectivity index (χ1n) is 14.9. The van der Waals surface area contributed by atoms with Gasteiger partial charge in [-0.25, -0.2) is 4.39 Å². The number of carbonyl (C=O) groups is 3. The molecule has 0 spiro atoms. The first-order chi connectivity index (χ1) is 20.3. The number of hydrogen-bond donors (Lipinski definition) is 5. The SMILES string of the molecule is CCN(CC)c1cc(CN2CCC(F)CC2)c(O)c2c1CC1CC3[C@H](N(C)C)C(=O)C(C(N)=O)=C(O)[C@@]3(O)C(=O)C1=C2O. The number of phenols is 1. The number of benzene rings is 1. The maximum atomic E-state index is 14.2. The van der Waals surface area contributed by atoms with Gasteiger partial charge in [-0.1, -0.05) is 0 Å². The van der Waals surface area contributed by atoms with E-state index in [1.54, 1.807) is 14.1 Å². The van der Waals surface area contributed by atoms with E-state index in [1.807, 2.05) is 24.8 Å². The van der Waals surface area contributed by atoms with E-state index in [1.165, 1.54) is 4.90 Å². The number of ketones is 2. The fourth-order valence-corrected chi connectivity index (χ4v) is 7.61. The van der Waals surface area contributed by atoms with E-state index in [-0.39, 0.29) is 29.7 Å². The fraction of sp³-hybridized carbons (Fsp3) is 0.581. The van der Waals surface area contributed by atoms with E-state index < -0.39 is 64.2 Å². The molecule has 234 valence electrons. The number of halogens is 1. The van der Waals surface area contributed by atoms with E-state index >= 15 is 0 Å². The van der Waals surface area contributed by atoms with Crippen LogP contribution in [0, 0.1) is 11.8 Å². The second-order valence-corrected chi connectivity index (χ2v) is 12.3. The molecule has 1 aromatic rings. The van der Waals surface area contributed by atoms with Gasteiger partial charge in [-0.05, 0) is 71.2 Å². The molecule has 3 aliphatic carbocycles. The highest BCUT2D eigenvalue weighted by molar-refractivity contribution is 6.24. The summed E-state index contributed by atoms with van der Waals surface area (Å²) in [6.07, 6.45) is 0.173. The number of anilines is 1. The van der Waals surface area contributed by atoms with Crippen LogP contribution >= 0.6 is 0 Å². The lowest BCUT2D eigenvalue weighted by Gasteiger charge is -2.50. The fourth-order valence-electron chi connectivity index (χ4n) is 7.61. The summed E-state index contributed by atoms with van der Waals surface area (Å²) in [7, 11) is 3.14. The van der Waals surface area contributed by atoms with Crippen molar-refractivity contribution in [2.45, 2.75) is 63.9 Å². The molecule has 5 rings (SSSR count). The van der Waals surface area contributed by atoms with Crippen molar-refractivity contribution in [2.75, 3.05) is 45.2 Å². The average Bonchev–Trinajstić information content (AvgIpc) is 2.94. The predicted molar refractivity (Wildman–Crippen MR) is 157 cm³/mol. The first kappa shape index (κ1) is 31.0. The van der Waals surface area contributed by atoms with Gasteiger partial charge < -0.3 is 31.1 Å². The summed E-state index contributed by atoms with van der Waals surface area (Å²) in [6.45, 7) is 6.59. The van der Waals surface area contributed by atoms with E-state index in [9.17, 15) is 39.2 Å². The number of primary amides is 1. The molecule has 2 fully saturated rings. The number of carbonyl (C=O) groups excluding carboxylic acids is 3. The van der Waals surface area contributed by atoms with Crippen molar-refractivity contribution in [3.63, 3.8) is 0 Å². The molecule has 1 aliphatic heterocycles. The number of aliphatic hydroxyl groups excluding tert-OH is 2. The van der Waals surface area contributed by atoms with Gasteiger partial charge in [0, 0.05) is 55.5 Å². The van der Waals surface area contributed by atoms with Crippen molar-refractivity contribution in [1.82, 2.24) is 9.80 Å². The largest absolute Gasteiger partial charge is 0.508 e. The number of phenolic OH excluding ortho intramolecular Hbond substituents is 1. The number of aliphatic hydroxyl groups is 3. The molecule has 1 amide bonds. The Kier molecular flexibility index (Phi) is 8.08. The molecule has 0 radical (unpaired) electrons. The van der Waals surface area contributed by atoms with Gasteiger partial charge in [0.05, 0.1) is 11.6 Å². The standard InChI is InChI=1S/C31H41FN4O7/c1-5-36(6-2)20-13-16(14-35-9-7-17(32)8-10-35)25(37)22-18(20)11-15-12-19-24(34(3)4)27(39)23(30(33)42)29(41)31(19,43)28(40)21(15)26(22)38/h13,15,17,19,24,37-38,41,43H,5-12,14H2,1-4H3,(H2,33,42)/t15?,19?,24-,31-/m0/s1. The van der Waals surface area contributed by atoms with E-state index in [4.69, 9.17) is 5.73 Å². The third kappa shape index (κ3) is 4.70. The van der Waals surface area contributed by atoms with Crippen molar-refractivity contribution >= 4 is 28.9 Å². The van der Waals surface area contributed by atoms with Gasteiger partial charge in [0.15, 0.2) is 11.4 Å². The molecule has 0 aromatic heterocycles. The maximum absolute atomic E-state index is 14.2. The Morgan fingerprint density at radius 3 is 2.33 bits per heavy atom. The second-order valence-electron chi connectivity index (χ2n) is 12.3. The van der Waals surface area contributed by atoms with Crippen LogP contribution in [0.1, 0.15) is 49.8 Å². The summed E-state index contributed by atoms with van der Waals surface area (Å²) in [4.78, 5) is 45.3. The van der Waals surface area contributed by atoms with Gasteiger partial charge >= 0.3 is 0 Å². The molecule has 0 bridgehead atoms. The predicted octanol–water partition coefficient (Wildman–Crippen LogP) is 1.74. The smallest absolute Gasteiger partial charge is 0.255 e. The van der Waals surface area contributed by atoms with Crippen LogP contribution in [0.25, 0.3) is 5.76 Å². The number of aromatic hydroxyl groups is 1. The number of likely N-dealkylation sites (tertiary alicyclic amines) is 1. The summed E-state index contributed by atoms with van der Waals surface area (Å²) >= 11 is 0. The average molecular weight is 601 g/mol. The number of rotatable bonds is 7. The topological polar surface area (TPSA) is 168 Å². The van der Waals surface area contributed by atoms with E-state index in [0.29, 0.717) is 56.7 Å². The van der Waals surface area contributed by atoms with Crippen LogP contribution in [0.15, 0.2) is 23.0 Å². The molecule has 2 unspecified atom stereocenters. The van der Waals surface area contributed by atoms with Crippen LogP contribution in [0.5, 0.6) is 5.75 Å². The van der Waals surface area contributed by atoms with Gasteiger partial charge in [0.2, 0.25) is 5.78 Å². The Hall–Kier alpha value is -3.48. The third-order valence-electron chi connectivity index (χ3n) is 9.79. The Morgan fingerprint density at radius 2 is 1.77 bits per heavy atom. The molecular weight excluding hydrogens is 559 g/mol. The lowest BCUT2D eigenvalue weighted by atomic mass is 9.57. The lowest BCUT2D eigenvalue weighted by molar-refractivity contribution is -0.153. The number of likely N-dealkylation sites (N-methyl/N-ethyl adjacent to an activating group) is 1. The Labute approximate surface area is 250 Å². The lowest BCUT2D eigenvalue weighted by Crippen LogP contribution is -2.65. The summed E-state index contributed by atoms with van der Waals surface area (Å²) in [5, 5.41) is 46.3. The van der Waals surface area contributed by atoms with Crippen molar-refractivity contribution in [2.24, 2.45) is 17.6 Å². The number of Topliss-reactive ketones (excluding diaryl/α,β-unsaturated/α-hetero) is 2. The third-order valence-corrected chi connectivity index (χ3v) is 9.79. The van der Waals surface area contributed by atoms with Crippen molar-refractivity contribution < 1.29 is 39.2 Å². The van der Waals surface area contributed by atoms with Crippen LogP contribution in [0.3, 0.4) is 0 Å². The number of alkyl halides is 1. The van der Waals surface area contributed by atoms with Crippen molar-refractivity contribution in [1.29, 1.82) is 0 Å². The molecule has 1 heterocycles. The highest BCUT2D eigenvalue weighted by Gasteiger charge is 2.64. The minimum atomic E-state index is -2.68. The molecule has 1 saturated heterocycles. The van der Waals surface area contributed by atoms with Crippen LogP contribution in [-0.4, -0.2) is 106 Å². The minimum Gasteiger partial charge on any atom is -0.508 e. The molecule has 11 nitrogen and oxygen atoms in total. The van der Waals surface area contributed by atoms with Gasteiger partial charge in [0.1, 0.15) is 29.0 Å². The van der Waals surface area contributed by atoms with Crippen LogP contribution in [0.2, 0.25) is 0 Å². The normalized spacial score (nSPS) is 28.2. The van der Waals surface area contributed by atoms with Crippen LogP contribution in [-0.2, 0) is 27.3 Å². The summed E-state index contributed by atoms with van der Waals surface area (Å²) in [5.74, 6) is -6.69. The summed E-state index contributed by atoms with van der Waals surface area (Å²) in [5.41, 5.74) is 3.72. The minimum absolute atomic E-state index is 0.0319. The molecule has 12 heteroatoms. The Morgan fingerprint density at radius 1 is 1.14 bits per heavy atom. The molecule has 4 aliphatic rings. The number of hydrogen-bond acceptors (Lipinski definition) is 10. The van der Waals surface area contributed by atoms with E-state index in [2.05, 4.69) is 4.90 Å². The number of piperidine rings is 1. The van der Waals surface area contributed by atoms with Crippen molar-refractivity contribution in [3.8, 4) is 5.75 Å². The number of nitrogens with two attached hydrogens (primary N) is 1. The quantitative estimate of drug-likeness (QED) is 0.291. The van der Waals surface area contributed by atoms with Gasteiger partial charge in [0.25, 0.3) is 5.91 Å². The Balaban J connectivity index is 1.69. The van der Waals surface area contributed by atoms with E-state index in [0.717, 1.165) is 5.69 Å². The highest BCUT2D eigenvalue weighted by Crippen LogP contribution is 2.54. The summed E-state index contributed by atoms with van der Waals surface area (Å²) < 4.78 is 13.8. The maximum Gasteiger partial charge on any atom is 0.255 e. The molecule has 4 atom stereocenters. The highest BCUT2D eigenvalue weighted by atomic mass is 19.1. The Bertz CT molecular complexity index is 1430. The number of nitrogens with zero attached hydrogens (tertiary/aromatic N) is 3. The molecule has 1 aromatic carbocycles. The van der Waals surface area contributed by atoms with Crippen LogP contribution in [0.4, 0.5) is 10.1 Å². The number of fused-ring (bicyclic) bond motifs is 3. The second kappa shape index (κ2) is 11.2. The van der Waals surface area contributed by atoms with Gasteiger partial charge in [-0.3, -0.25) is 24.2 Å². The number of amides is 1. The zero-order chi connectivity index (χ0) is 31.5. The first-order valence-corrected chi connectivity index (χ1v) is 14.9. The van der Waals surface area contributed by atoms with Gasteiger partial charge in [-0.15, -0.1) is 0 Å². The molecular formula is C31H41FN4O7. The molecule has 43 heavy (non-hydrogen) atoms. The van der Waals surface area contributed by atoms with Crippen molar-refractivity contribution in [3.05, 3.63) is 39.7 Å². The zero-order valence-corrected chi connectivity index (χ0v) is 25.1. The zero-order valence-electron chi connectivity index (χ0n) is 25.1.